The number of benzene rings is 1. The fourth-order valence-corrected chi connectivity index (χ4v) is 2.19. The molecule has 0 fully saturated rings. The van der Waals surface area contributed by atoms with Gasteiger partial charge in [-0.15, -0.1) is 0 Å². The lowest BCUT2D eigenvalue weighted by Crippen LogP contribution is -2.41. The van der Waals surface area contributed by atoms with Crippen LogP contribution in [0.4, 0.5) is 0 Å². The third-order valence-electron chi connectivity index (χ3n) is 2.97. The van der Waals surface area contributed by atoms with E-state index in [-0.39, 0.29) is 6.92 Å². The number of fused-ring (bicyclic) bond motifs is 1. The normalized spacial score (nSPS) is 13.9. The Labute approximate surface area is 95.4 Å². The van der Waals surface area contributed by atoms with Crippen LogP contribution in [0.15, 0.2) is 42.7 Å². The van der Waals surface area contributed by atoms with Gasteiger partial charge in [0.15, 0.2) is 0 Å². The predicted molar refractivity (Wildman–Crippen MR) is 65.2 cm³/mol. The topological polar surface area (TPSA) is 22.1 Å². The molecule has 1 aliphatic heterocycles. The molecule has 2 heterocycles. The molecule has 1 aliphatic rings. The molecule has 2 nitrogen and oxygen atoms in total. The van der Waals surface area contributed by atoms with Crippen molar-refractivity contribution in [3.63, 3.8) is 0 Å². The fourth-order valence-electron chi connectivity index (χ4n) is 2.19. The molecule has 0 unspecified atom stereocenters. The first-order chi connectivity index (χ1) is 7.84. The van der Waals surface area contributed by atoms with Gasteiger partial charge in [-0.3, -0.25) is 4.98 Å². The van der Waals surface area contributed by atoms with Gasteiger partial charge in [-0.05, 0) is 29.5 Å². The summed E-state index contributed by atoms with van der Waals surface area (Å²) in [5.74, 6) is 0. The summed E-state index contributed by atoms with van der Waals surface area (Å²) in [6.45, 7) is 2.87. The Morgan fingerprint density at radius 3 is 3.06 bits per heavy atom. The predicted octanol–water partition coefficient (Wildman–Crippen LogP) is 1.03. The number of nitrogens with zero attached hydrogens (tertiary/aromatic N) is 1. The maximum atomic E-state index is 5.82. The molecule has 3 rings (SSSR count). The molecular formula is C13H12BNO. The van der Waals surface area contributed by atoms with Crippen LogP contribution in [0.3, 0.4) is 0 Å². The smallest absolute Gasteiger partial charge is 0.363 e. The fraction of sp³-hybridized carbons (Fsp3) is 0.154. The van der Waals surface area contributed by atoms with Crippen LogP contribution >= 0.6 is 0 Å². The largest absolute Gasteiger partial charge is 0.423 e. The Balaban J connectivity index is 2.04. The van der Waals surface area contributed by atoms with Crippen molar-refractivity contribution in [3.05, 3.63) is 53.9 Å². The summed E-state index contributed by atoms with van der Waals surface area (Å²) < 4.78 is 5.82. The van der Waals surface area contributed by atoms with E-state index in [9.17, 15) is 0 Å². The molecule has 0 spiro atoms. The Morgan fingerprint density at radius 2 is 2.25 bits per heavy atom. The van der Waals surface area contributed by atoms with E-state index in [2.05, 4.69) is 36.2 Å². The molecule has 0 aliphatic carbocycles. The Bertz CT molecular complexity index is 513. The molecule has 0 saturated heterocycles. The van der Waals surface area contributed by atoms with Gasteiger partial charge < -0.3 is 4.65 Å². The van der Waals surface area contributed by atoms with Crippen LogP contribution in [0, 0.1) is 6.92 Å². The lowest BCUT2D eigenvalue weighted by molar-refractivity contribution is 0.337. The van der Waals surface area contributed by atoms with Crippen molar-refractivity contribution in [1.29, 1.82) is 0 Å². The van der Waals surface area contributed by atoms with Gasteiger partial charge in [0, 0.05) is 12.4 Å². The van der Waals surface area contributed by atoms with Crippen molar-refractivity contribution >= 4 is 17.8 Å². The molecule has 0 bridgehead atoms. The van der Waals surface area contributed by atoms with Gasteiger partial charge in [-0.1, -0.05) is 29.8 Å². The molecule has 0 N–H and O–H groups in total. The van der Waals surface area contributed by atoms with E-state index in [1.165, 1.54) is 16.6 Å². The minimum absolute atomic E-state index is 0.0595. The molecule has 0 radical (unpaired) electrons. The van der Waals surface area contributed by atoms with Crippen LogP contribution in [0.5, 0.6) is 0 Å². The number of pyridine rings is 1. The Kier molecular flexibility index (Phi) is 2.26. The van der Waals surface area contributed by atoms with Crippen molar-refractivity contribution in [3.8, 4) is 0 Å². The average molecular weight is 209 g/mol. The summed E-state index contributed by atoms with van der Waals surface area (Å²) in [5.41, 5.74) is 4.99. The van der Waals surface area contributed by atoms with Gasteiger partial charge >= 0.3 is 6.92 Å². The highest BCUT2D eigenvalue weighted by molar-refractivity contribution is 6.81. The first kappa shape index (κ1) is 9.61. The van der Waals surface area contributed by atoms with Crippen LogP contribution in [0.25, 0.3) is 0 Å². The molecular weight excluding hydrogens is 197 g/mol. The highest BCUT2D eigenvalue weighted by Crippen LogP contribution is 2.12. The standard InChI is InChI=1S/C13H12BNO/c1-10-4-5-13-11(7-10)9-16-14(13)12-3-2-6-15-8-12/h2-8H,9H2,1H3. The molecule has 3 heteroatoms. The van der Waals surface area contributed by atoms with E-state index in [0.29, 0.717) is 6.61 Å². The number of aromatic nitrogens is 1. The summed E-state index contributed by atoms with van der Waals surface area (Å²) >= 11 is 0. The zero-order valence-corrected chi connectivity index (χ0v) is 9.18. The van der Waals surface area contributed by atoms with Gasteiger partial charge in [0.1, 0.15) is 0 Å². The van der Waals surface area contributed by atoms with E-state index in [1.54, 1.807) is 6.20 Å². The highest BCUT2D eigenvalue weighted by atomic mass is 16.4. The molecule has 0 atom stereocenters. The summed E-state index contributed by atoms with van der Waals surface area (Å²) in [4.78, 5) is 4.14. The van der Waals surface area contributed by atoms with E-state index in [1.807, 2.05) is 12.3 Å². The van der Waals surface area contributed by atoms with Crippen LogP contribution in [-0.2, 0) is 11.3 Å². The second kappa shape index (κ2) is 3.76. The lowest BCUT2D eigenvalue weighted by atomic mass is 9.56. The van der Waals surface area contributed by atoms with Gasteiger partial charge in [0.25, 0.3) is 0 Å². The second-order valence-corrected chi connectivity index (χ2v) is 4.18. The van der Waals surface area contributed by atoms with Gasteiger partial charge in [0.05, 0.1) is 6.61 Å². The minimum atomic E-state index is 0.0595. The van der Waals surface area contributed by atoms with Gasteiger partial charge in [-0.2, -0.15) is 0 Å². The van der Waals surface area contributed by atoms with Crippen molar-refractivity contribution in [2.24, 2.45) is 0 Å². The van der Waals surface area contributed by atoms with E-state index < -0.39 is 0 Å². The van der Waals surface area contributed by atoms with Crippen LogP contribution in [-0.4, -0.2) is 11.9 Å². The first-order valence-corrected chi connectivity index (χ1v) is 5.45. The summed E-state index contributed by atoms with van der Waals surface area (Å²) in [6.07, 6.45) is 3.66. The third-order valence-corrected chi connectivity index (χ3v) is 2.97. The summed E-state index contributed by atoms with van der Waals surface area (Å²) in [6, 6.07) is 10.5. The van der Waals surface area contributed by atoms with Crippen LogP contribution < -0.4 is 10.9 Å². The quantitative estimate of drug-likeness (QED) is 0.654. The molecule has 0 amide bonds. The highest BCUT2D eigenvalue weighted by Gasteiger charge is 2.29. The van der Waals surface area contributed by atoms with E-state index >= 15 is 0 Å². The van der Waals surface area contributed by atoms with E-state index in [4.69, 9.17) is 4.65 Å². The Hall–Kier alpha value is -1.61. The maximum absolute atomic E-state index is 5.82. The first-order valence-electron chi connectivity index (χ1n) is 5.45. The SMILES string of the molecule is Cc1ccc2c(c1)COB2c1cccnc1. The number of hydrogen-bond acceptors (Lipinski definition) is 2. The monoisotopic (exact) mass is 209 g/mol. The van der Waals surface area contributed by atoms with Crippen LogP contribution in [0.2, 0.25) is 0 Å². The molecule has 1 aromatic heterocycles. The third kappa shape index (κ3) is 1.53. The molecule has 78 valence electrons. The zero-order valence-electron chi connectivity index (χ0n) is 9.18. The average Bonchev–Trinajstić information content (AvgIpc) is 2.73. The van der Waals surface area contributed by atoms with Gasteiger partial charge in [-0.25, -0.2) is 0 Å². The number of hydrogen-bond donors (Lipinski definition) is 0. The number of aryl methyl sites for hydroxylation is 1. The second-order valence-electron chi connectivity index (χ2n) is 4.18. The van der Waals surface area contributed by atoms with Crippen molar-refractivity contribution < 1.29 is 4.65 Å². The van der Waals surface area contributed by atoms with E-state index in [0.717, 1.165) is 5.46 Å². The van der Waals surface area contributed by atoms with Crippen LogP contribution in [0.1, 0.15) is 11.1 Å². The van der Waals surface area contributed by atoms with Crippen molar-refractivity contribution in [2.45, 2.75) is 13.5 Å². The molecule has 1 aromatic carbocycles. The van der Waals surface area contributed by atoms with Gasteiger partial charge in [0.2, 0.25) is 0 Å². The van der Waals surface area contributed by atoms with Crippen molar-refractivity contribution in [2.75, 3.05) is 0 Å². The molecule has 2 aromatic rings. The summed E-state index contributed by atoms with van der Waals surface area (Å²) in [7, 11) is 0. The Morgan fingerprint density at radius 1 is 1.31 bits per heavy atom. The number of rotatable bonds is 1. The summed E-state index contributed by atoms with van der Waals surface area (Å²) in [5, 5.41) is 0. The lowest BCUT2D eigenvalue weighted by Gasteiger charge is -2.06. The minimum Gasteiger partial charge on any atom is -0.423 e. The maximum Gasteiger partial charge on any atom is 0.363 e. The van der Waals surface area contributed by atoms with Crippen molar-refractivity contribution in [1.82, 2.24) is 4.98 Å². The zero-order chi connectivity index (χ0) is 11.0. The molecule has 16 heavy (non-hydrogen) atoms. The molecule has 0 saturated carbocycles.